The Morgan fingerprint density at radius 3 is 2.61 bits per heavy atom. The van der Waals surface area contributed by atoms with Crippen LogP contribution in [0.1, 0.15) is 23.0 Å². The fourth-order valence-corrected chi connectivity index (χ4v) is 2.14. The van der Waals surface area contributed by atoms with Crippen LogP contribution in [0.15, 0.2) is 24.3 Å². The standard InChI is InChI=1S/C13H15N3O2/c1-8-10-5-3-4-6-11(10)16(13(8)9(2)17)15-7-12(14)18/h3-6,15H,7H2,1-2H3,(H2,14,18). The third kappa shape index (κ3) is 1.95. The van der Waals surface area contributed by atoms with Crippen LogP contribution in [0.2, 0.25) is 0 Å². The summed E-state index contributed by atoms with van der Waals surface area (Å²) >= 11 is 0. The van der Waals surface area contributed by atoms with E-state index in [1.54, 1.807) is 4.68 Å². The second-order valence-corrected chi connectivity index (χ2v) is 4.18. The number of nitrogens with one attached hydrogen (secondary N) is 1. The number of amides is 1. The summed E-state index contributed by atoms with van der Waals surface area (Å²) in [6, 6.07) is 7.63. The van der Waals surface area contributed by atoms with E-state index in [0.29, 0.717) is 5.69 Å². The molecule has 0 spiro atoms. The second-order valence-electron chi connectivity index (χ2n) is 4.18. The van der Waals surface area contributed by atoms with E-state index in [1.165, 1.54) is 6.92 Å². The number of nitrogens with two attached hydrogens (primary N) is 1. The topological polar surface area (TPSA) is 77.1 Å². The van der Waals surface area contributed by atoms with Gasteiger partial charge in [-0.25, -0.2) is 0 Å². The van der Waals surface area contributed by atoms with Gasteiger partial charge in [0.2, 0.25) is 5.91 Å². The largest absolute Gasteiger partial charge is 0.368 e. The van der Waals surface area contributed by atoms with E-state index in [-0.39, 0.29) is 12.3 Å². The summed E-state index contributed by atoms with van der Waals surface area (Å²) in [7, 11) is 0. The highest BCUT2D eigenvalue weighted by atomic mass is 16.1. The van der Waals surface area contributed by atoms with Gasteiger partial charge in [0.05, 0.1) is 5.52 Å². The van der Waals surface area contributed by atoms with Crippen LogP contribution in [-0.4, -0.2) is 22.9 Å². The van der Waals surface area contributed by atoms with E-state index in [4.69, 9.17) is 5.73 Å². The Bertz CT molecular complexity index is 628. The minimum atomic E-state index is -0.472. The summed E-state index contributed by atoms with van der Waals surface area (Å²) in [4.78, 5) is 22.6. The lowest BCUT2D eigenvalue weighted by atomic mass is 10.1. The van der Waals surface area contributed by atoms with Crippen LogP contribution in [0.4, 0.5) is 0 Å². The zero-order chi connectivity index (χ0) is 13.3. The van der Waals surface area contributed by atoms with Crippen molar-refractivity contribution in [3.05, 3.63) is 35.5 Å². The number of Topliss-reactive ketones (excluding diaryl/α,β-unsaturated/α-hetero) is 1. The van der Waals surface area contributed by atoms with Gasteiger partial charge in [-0.3, -0.25) is 14.3 Å². The first-order chi connectivity index (χ1) is 8.52. The molecular weight excluding hydrogens is 230 g/mol. The molecule has 1 aromatic heterocycles. The third-order valence-electron chi connectivity index (χ3n) is 2.87. The number of ketones is 1. The van der Waals surface area contributed by atoms with Crippen LogP contribution in [-0.2, 0) is 4.79 Å². The maximum absolute atomic E-state index is 11.7. The van der Waals surface area contributed by atoms with Crippen molar-refractivity contribution in [2.75, 3.05) is 12.0 Å². The van der Waals surface area contributed by atoms with E-state index in [2.05, 4.69) is 5.43 Å². The zero-order valence-corrected chi connectivity index (χ0v) is 10.4. The van der Waals surface area contributed by atoms with Gasteiger partial charge in [-0.2, -0.15) is 0 Å². The van der Waals surface area contributed by atoms with Crippen molar-refractivity contribution < 1.29 is 9.59 Å². The number of hydrogen-bond acceptors (Lipinski definition) is 3. The van der Waals surface area contributed by atoms with Crippen molar-refractivity contribution in [2.45, 2.75) is 13.8 Å². The lowest BCUT2D eigenvalue weighted by Crippen LogP contribution is -2.29. The lowest BCUT2D eigenvalue weighted by Gasteiger charge is -2.10. The molecule has 1 aromatic carbocycles. The first-order valence-electron chi connectivity index (χ1n) is 5.65. The molecule has 94 valence electrons. The Labute approximate surface area is 105 Å². The molecule has 0 atom stereocenters. The van der Waals surface area contributed by atoms with Gasteiger partial charge in [-0.05, 0) is 18.6 Å². The minimum absolute atomic E-state index is 0.0155. The van der Waals surface area contributed by atoms with Crippen molar-refractivity contribution >= 4 is 22.6 Å². The number of aromatic nitrogens is 1. The van der Waals surface area contributed by atoms with Crippen molar-refractivity contribution in [2.24, 2.45) is 5.73 Å². The molecule has 3 N–H and O–H groups in total. The molecule has 0 fully saturated rings. The van der Waals surface area contributed by atoms with E-state index in [1.807, 2.05) is 31.2 Å². The minimum Gasteiger partial charge on any atom is -0.368 e. The maximum Gasteiger partial charge on any atom is 0.238 e. The number of benzene rings is 1. The number of carbonyl (C=O) groups is 2. The van der Waals surface area contributed by atoms with Gasteiger partial charge in [0.1, 0.15) is 12.2 Å². The molecule has 2 aromatic rings. The van der Waals surface area contributed by atoms with E-state index >= 15 is 0 Å². The SMILES string of the molecule is CC(=O)c1c(C)c2ccccc2n1NCC(N)=O. The molecule has 0 radical (unpaired) electrons. The number of nitrogens with zero attached hydrogens (tertiary/aromatic N) is 1. The predicted molar refractivity (Wildman–Crippen MR) is 70.1 cm³/mol. The molecule has 2 rings (SSSR count). The molecular formula is C13H15N3O2. The van der Waals surface area contributed by atoms with Crippen LogP contribution in [0, 0.1) is 6.92 Å². The molecule has 1 amide bonds. The van der Waals surface area contributed by atoms with Crippen molar-refractivity contribution in [1.82, 2.24) is 4.68 Å². The molecule has 0 aliphatic carbocycles. The molecule has 1 heterocycles. The number of hydrogen-bond donors (Lipinski definition) is 2. The highest BCUT2D eigenvalue weighted by Gasteiger charge is 2.17. The third-order valence-corrected chi connectivity index (χ3v) is 2.87. The Hall–Kier alpha value is -2.30. The number of rotatable bonds is 4. The quantitative estimate of drug-likeness (QED) is 0.794. The smallest absolute Gasteiger partial charge is 0.238 e. The highest BCUT2D eigenvalue weighted by Crippen LogP contribution is 2.24. The van der Waals surface area contributed by atoms with Gasteiger partial charge in [-0.1, -0.05) is 18.2 Å². The summed E-state index contributed by atoms with van der Waals surface area (Å²) in [6.45, 7) is 3.38. The molecule has 0 bridgehead atoms. The zero-order valence-electron chi connectivity index (χ0n) is 10.4. The normalized spacial score (nSPS) is 10.6. The van der Waals surface area contributed by atoms with Gasteiger partial charge in [0.25, 0.3) is 0 Å². The lowest BCUT2D eigenvalue weighted by molar-refractivity contribution is -0.116. The van der Waals surface area contributed by atoms with E-state index in [9.17, 15) is 9.59 Å². The molecule has 0 unspecified atom stereocenters. The van der Waals surface area contributed by atoms with Crippen molar-refractivity contribution in [1.29, 1.82) is 0 Å². The number of fused-ring (bicyclic) bond motifs is 1. The Kier molecular flexibility index (Phi) is 3.06. The van der Waals surface area contributed by atoms with E-state index in [0.717, 1.165) is 16.5 Å². The van der Waals surface area contributed by atoms with Crippen LogP contribution in [0.3, 0.4) is 0 Å². The molecule has 0 saturated carbocycles. The Morgan fingerprint density at radius 1 is 1.33 bits per heavy atom. The molecule has 0 aliphatic heterocycles. The summed E-state index contributed by atoms with van der Waals surface area (Å²) in [5.41, 5.74) is 10.3. The maximum atomic E-state index is 11.7. The Morgan fingerprint density at radius 2 is 2.00 bits per heavy atom. The fourth-order valence-electron chi connectivity index (χ4n) is 2.14. The van der Waals surface area contributed by atoms with Gasteiger partial charge in [0.15, 0.2) is 5.78 Å². The number of aryl methyl sites for hydroxylation is 1. The summed E-state index contributed by atoms with van der Waals surface area (Å²) in [6.07, 6.45) is 0. The van der Waals surface area contributed by atoms with Gasteiger partial charge in [0, 0.05) is 12.3 Å². The average Bonchev–Trinajstić information content (AvgIpc) is 2.60. The van der Waals surface area contributed by atoms with Crippen LogP contribution >= 0.6 is 0 Å². The highest BCUT2D eigenvalue weighted by molar-refractivity contribution is 6.01. The van der Waals surface area contributed by atoms with E-state index < -0.39 is 5.91 Å². The molecule has 5 heteroatoms. The molecule has 0 aliphatic rings. The van der Waals surface area contributed by atoms with Crippen LogP contribution < -0.4 is 11.2 Å². The number of primary amides is 1. The van der Waals surface area contributed by atoms with Crippen LogP contribution in [0.25, 0.3) is 10.9 Å². The molecule has 5 nitrogen and oxygen atoms in total. The van der Waals surface area contributed by atoms with Crippen LogP contribution in [0.5, 0.6) is 0 Å². The monoisotopic (exact) mass is 245 g/mol. The summed E-state index contributed by atoms with van der Waals surface area (Å²) in [5.74, 6) is -0.527. The van der Waals surface area contributed by atoms with Gasteiger partial charge in [-0.15, -0.1) is 0 Å². The Balaban J connectivity index is 2.63. The van der Waals surface area contributed by atoms with Crippen molar-refractivity contribution in [3.8, 4) is 0 Å². The summed E-state index contributed by atoms with van der Waals surface area (Å²) in [5, 5.41) is 0.986. The second kappa shape index (κ2) is 4.52. The molecule has 18 heavy (non-hydrogen) atoms. The first kappa shape index (κ1) is 12.2. The van der Waals surface area contributed by atoms with Gasteiger partial charge >= 0.3 is 0 Å². The first-order valence-corrected chi connectivity index (χ1v) is 5.65. The summed E-state index contributed by atoms with van der Waals surface area (Å²) < 4.78 is 1.64. The average molecular weight is 245 g/mol. The number of para-hydroxylation sites is 1. The fraction of sp³-hybridized carbons (Fsp3) is 0.231. The van der Waals surface area contributed by atoms with Gasteiger partial charge < -0.3 is 11.2 Å². The number of carbonyl (C=O) groups excluding carboxylic acids is 2. The van der Waals surface area contributed by atoms with Crippen molar-refractivity contribution in [3.63, 3.8) is 0 Å². The predicted octanol–water partition coefficient (Wildman–Crippen LogP) is 1.18. The molecule has 0 saturated heterocycles.